The second-order valence-electron chi connectivity index (χ2n) is 8.20. The molecule has 0 fully saturated rings. The standard InChI is InChI=1S/C25H34FN3O4S/c1-4-17-27-25(31)20(2)28(19-16-21-9-6-5-7-10-21)24(30)11-8-18-29(34(3,32)33)23-14-12-22(26)13-15-23/h5-7,9-10,12-15,20H,4,8,11,16-19H2,1-3H3,(H,27,31). The van der Waals surface area contributed by atoms with E-state index in [4.69, 9.17) is 0 Å². The normalized spacial score (nSPS) is 12.1. The van der Waals surface area contributed by atoms with Gasteiger partial charge in [0, 0.05) is 26.1 Å². The maximum atomic E-state index is 13.3. The minimum atomic E-state index is -3.61. The van der Waals surface area contributed by atoms with Crippen LogP contribution in [0.15, 0.2) is 54.6 Å². The Bertz CT molecular complexity index is 1030. The van der Waals surface area contributed by atoms with E-state index in [0.717, 1.165) is 22.5 Å². The summed E-state index contributed by atoms with van der Waals surface area (Å²) >= 11 is 0. The minimum absolute atomic E-state index is 0.0686. The quantitative estimate of drug-likeness (QED) is 0.466. The van der Waals surface area contributed by atoms with Gasteiger partial charge in [-0.2, -0.15) is 0 Å². The number of nitrogens with zero attached hydrogens (tertiary/aromatic N) is 2. The third-order valence-corrected chi connectivity index (χ3v) is 6.66. The van der Waals surface area contributed by atoms with Gasteiger partial charge in [0.15, 0.2) is 0 Å². The Balaban J connectivity index is 2.08. The molecule has 2 aromatic carbocycles. The fraction of sp³-hybridized carbons (Fsp3) is 0.440. The van der Waals surface area contributed by atoms with Gasteiger partial charge in [-0.1, -0.05) is 37.3 Å². The second kappa shape index (κ2) is 13.1. The fourth-order valence-electron chi connectivity index (χ4n) is 3.58. The summed E-state index contributed by atoms with van der Waals surface area (Å²) in [6, 6.07) is 14.2. The number of carbonyl (C=O) groups is 2. The molecule has 0 heterocycles. The molecule has 186 valence electrons. The van der Waals surface area contributed by atoms with E-state index in [0.29, 0.717) is 25.2 Å². The summed E-state index contributed by atoms with van der Waals surface area (Å²) in [7, 11) is -3.61. The Morgan fingerprint density at radius 1 is 1.03 bits per heavy atom. The van der Waals surface area contributed by atoms with Crippen molar-refractivity contribution < 1.29 is 22.4 Å². The van der Waals surface area contributed by atoms with Gasteiger partial charge in [-0.15, -0.1) is 0 Å². The maximum absolute atomic E-state index is 13.3. The van der Waals surface area contributed by atoms with E-state index in [-0.39, 0.29) is 31.2 Å². The number of nitrogens with one attached hydrogen (secondary N) is 1. The molecular weight excluding hydrogens is 457 g/mol. The Hall–Kier alpha value is -2.94. The molecule has 1 atom stereocenters. The van der Waals surface area contributed by atoms with E-state index in [2.05, 4.69) is 5.32 Å². The van der Waals surface area contributed by atoms with E-state index in [1.54, 1.807) is 11.8 Å². The molecule has 2 amide bonds. The number of amides is 2. The van der Waals surface area contributed by atoms with Crippen molar-refractivity contribution >= 4 is 27.5 Å². The van der Waals surface area contributed by atoms with E-state index < -0.39 is 21.9 Å². The SMILES string of the molecule is CCCNC(=O)C(C)N(CCc1ccccc1)C(=O)CCCN(c1ccc(F)cc1)S(C)(=O)=O. The first-order valence-corrected chi connectivity index (χ1v) is 13.3. The molecule has 1 N–H and O–H groups in total. The Morgan fingerprint density at radius 2 is 1.68 bits per heavy atom. The van der Waals surface area contributed by atoms with Crippen LogP contribution in [-0.2, 0) is 26.0 Å². The Kier molecular flexibility index (Phi) is 10.5. The van der Waals surface area contributed by atoms with Crippen LogP contribution in [0.5, 0.6) is 0 Å². The molecule has 2 aromatic rings. The van der Waals surface area contributed by atoms with Crippen molar-refractivity contribution in [3.8, 4) is 0 Å². The lowest BCUT2D eigenvalue weighted by Gasteiger charge is -2.29. The number of hydrogen-bond donors (Lipinski definition) is 1. The smallest absolute Gasteiger partial charge is 0.242 e. The molecule has 9 heteroatoms. The average molecular weight is 492 g/mol. The number of sulfonamides is 1. The van der Waals surface area contributed by atoms with Crippen molar-refractivity contribution in [2.75, 3.05) is 30.2 Å². The third kappa shape index (κ3) is 8.44. The molecule has 2 rings (SSSR count). The van der Waals surface area contributed by atoms with Crippen LogP contribution in [0, 0.1) is 5.82 Å². The lowest BCUT2D eigenvalue weighted by molar-refractivity contribution is -0.139. The number of carbonyl (C=O) groups excluding carboxylic acids is 2. The number of rotatable bonds is 13. The highest BCUT2D eigenvalue weighted by Gasteiger charge is 2.26. The molecule has 0 aliphatic heterocycles. The van der Waals surface area contributed by atoms with Crippen molar-refractivity contribution in [2.45, 2.75) is 45.6 Å². The van der Waals surface area contributed by atoms with Crippen LogP contribution < -0.4 is 9.62 Å². The van der Waals surface area contributed by atoms with Crippen LogP contribution in [0.25, 0.3) is 0 Å². The van der Waals surface area contributed by atoms with E-state index >= 15 is 0 Å². The highest BCUT2D eigenvalue weighted by molar-refractivity contribution is 7.92. The number of hydrogen-bond acceptors (Lipinski definition) is 4. The fourth-order valence-corrected chi connectivity index (χ4v) is 4.54. The van der Waals surface area contributed by atoms with Gasteiger partial charge in [0.05, 0.1) is 11.9 Å². The van der Waals surface area contributed by atoms with Crippen molar-refractivity contribution in [3.63, 3.8) is 0 Å². The van der Waals surface area contributed by atoms with E-state index in [1.165, 1.54) is 24.3 Å². The van der Waals surface area contributed by atoms with Crippen LogP contribution >= 0.6 is 0 Å². The summed E-state index contributed by atoms with van der Waals surface area (Å²) < 4.78 is 38.9. The van der Waals surface area contributed by atoms with Gasteiger partial charge in [0.2, 0.25) is 21.8 Å². The molecular formula is C25H34FN3O4S. The molecule has 0 aliphatic rings. The molecule has 0 radical (unpaired) electrons. The first-order chi connectivity index (χ1) is 16.1. The van der Waals surface area contributed by atoms with E-state index in [1.807, 2.05) is 37.3 Å². The number of halogens is 1. The first kappa shape index (κ1) is 27.3. The van der Waals surface area contributed by atoms with Crippen LogP contribution in [-0.4, -0.2) is 57.1 Å². The van der Waals surface area contributed by atoms with E-state index in [9.17, 15) is 22.4 Å². The molecule has 0 bridgehead atoms. The molecule has 0 saturated heterocycles. The average Bonchev–Trinajstić information content (AvgIpc) is 2.81. The van der Waals surface area contributed by atoms with Crippen LogP contribution in [0.3, 0.4) is 0 Å². The van der Waals surface area contributed by atoms with Crippen LogP contribution in [0.1, 0.15) is 38.7 Å². The Labute approximate surface area is 202 Å². The van der Waals surface area contributed by atoms with Crippen molar-refractivity contribution in [3.05, 3.63) is 66.0 Å². The topological polar surface area (TPSA) is 86.8 Å². The highest BCUT2D eigenvalue weighted by atomic mass is 32.2. The van der Waals surface area contributed by atoms with Gasteiger partial charge in [-0.3, -0.25) is 13.9 Å². The summed E-state index contributed by atoms with van der Waals surface area (Å²) in [5.41, 5.74) is 1.39. The summed E-state index contributed by atoms with van der Waals surface area (Å²) in [6.07, 6.45) is 2.80. The monoisotopic (exact) mass is 491 g/mol. The maximum Gasteiger partial charge on any atom is 0.242 e. The number of benzene rings is 2. The summed E-state index contributed by atoms with van der Waals surface area (Å²) in [5.74, 6) is -0.897. The zero-order valence-corrected chi connectivity index (χ0v) is 20.9. The largest absolute Gasteiger partial charge is 0.354 e. The summed E-state index contributed by atoms with van der Waals surface area (Å²) in [4.78, 5) is 27.2. The predicted octanol–water partition coefficient (Wildman–Crippen LogP) is 3.36. The second-order valence-corrected chi connectivity index (χ2v) is 10.1. The zero-order chi connectivity index (χ0) is 25.1. The van der Waals surface area contributed by atoms with Gasteiger partial charge in [0.25, 0.3) is 0 Å². The summed E-state index contributed by atoms with van der Waals surface area (Å²) in [5, 5.41) is 2.83. The van der Waals surface area contributed by atoms with Crippen LogP contribution in [0.4, 0.5) is 10.1 Å². The molecule has 1 unspecified atom stereocenters. The molecule has 0 aromatic heterocycles. The lowest BCUT2D eigenvalue weighted by atomic mass is 10.1. The van der Waals surface area contributed by atoms with Gasteiger partial charge in [-0.05, 0) is 56.0 Å². The minimum Gasteiger partial charge on any atom is -0.354 e. The van der Waals surface area contributed by atoms with Crippen molar-refractivity contribution in [1.29, 1.82) is 0 Å². The molecule has 34 heavy (non-hydrogen) atoms. The molecule has 0 saturated carbocycles. The Morgan fingerprint density at radius 3 is 2.26 bits per heavy atom. The van der Waals surface area contributed by atoms with Gasteiger partial charge in [-0.25, -0.2) is 12.8 Å². The number of anilines is 1. The zero-order valence-electron chi connectivity index (χ0n) is 20.0. The van der Waals surface area contributed by atoms with Gasteiger partial charge < -0.3 is 10.2 Å². The molecule has 0 spiro atoms. The van der Waals surface area contributed by atoms with Crippen molar-refractivity contribution in [1.82, 2.24) is 10.2 Å². The summed E-state index contributed by atoms with van der Waals surface area (Å²) in [6.45, 7) is 4.63. The highest BCUT2D eigenvalue weighted by Crippen LogP contribution is 2.19. The third-order valence-electron chi connectivity index (χ3n) is 5.47. The first-order valence-electron chi connectivity index (χ1n) is 11.5. The van der Waals surface area contributed by atoms with Crippen LogP contribution in [0.2, 0.25) is 0 Å². The lowest BCUT2D eigenvalue weighted by Crippen LogP contribution is -2.49. The predicted molar refractivity (Wildman–Crippen MR) is 132 cm³/mol. The van der Waals surface area contributed by atoms with Crippen molar-refractivity contribution in [2.24, 2.45) is 0 Å². The molecule has 7 nitrogen and oxygen atoms in total. The molecule has 0 aliphatic carbocycles. The van der Waals surface area contributed by atoms with Gasteiger partial charge in [0.1, 0.15) is 11.9 Å². The van der Waals surface area contributed by atoms with Gasteiger partial charge >= 0.3 is 0 Å².